The van der Waals surface area contributed by atoms with E-state index in [1.807, 2.05) is 30.3 Å². The summed E-state index contributed by atoms with van der Waals surface area (Å²) >= 11 is 3.40. The third-order valence-corrected chi connectivity index (χ3v) is 4.33. The van der Waals surface area contributed by atoms with Crippen molar-refractivity contribution in [3.05, 3.63) is 59.7 Å². The first-order valence-corrected chi connectivity index (χ1v) is 9.53. The van der Waals surface area contributed by atoms with Crippen LogP contribution in [-0.2, 0) is 0 Å². The topological polar surface area (TPSA) is 44.8 Å². The molecule has 0 unspecified atom stereocenters. The van der Waals surface area contributed by atoms with Crippen molar-refractivity contribution in [1.82, 2.24) is 0 Å². The first-order valence-electron chi connectivity index (χ1n) is 8.41. The van der Waals surface area contributed by atoms with Crippen LogP contribution in [0.4, 0.5) is 0 Å². The van der Waals surface area contributed by atoms with Crippen molar-refractivity contribution in [3.63, 3.8) is 0 Å². The van der Waals surface area contributed by atoms with E-state index in [4.69, 9.17) is 14.2 Å². The Hall–Kier alpha value is -2.27. The Morgan fingerprint density at radius 1 is 1.00 bits per heavy atom. The molecule has 2 rings (SSSR count). The van der Waals surface area contributed by atoms with E-state index < -0.39 is 0 Å². The fourth-order valence-electron chi connectivity index (χ4n) is 2.33. The summed E-state index contributed by atoms with van der Waals surface area (Å²) in [7, 11) is 3.17. The molecule has 2 aromatic rings. The maximum atomic E-state index is 12.3. The zero-order valence-electron chi connectivity index (χ0n) is 15.0. The van der Waals surface area contributed by atoms with Gasteiger partial charge in [0.25, 0.3) is 0 Å². The molecule has 0 aromatic heterocycles. The molecule has 0 radical (unpaired) electrons. The van der Waals surface area contributed by atoms with Crippen LogP contribution in [0.5, 0.6) is 17.2 Å². The van der Waals surface area contributed by atoms with Crippen molar-refractivity contribution in [2.24, 2.45) is 0 Å². The summed E-state index contributed by atoms with van der Waals surface area (Å²) in [5.41, 5.74) is 1.48. The van der Waals surface area contributed by atoms with Gasteiger partial charge in [0.1, 0.15) is 5.75 Å². The number of allylic oxidation sites excluding steroid dienone is 1. The highest BCUT2D eigenvalue weighted by atomic mass is 79.9. The van der Waals surface area contributed by atoms with Gasteiger partial charge in [-0.3, -0.25) is 4.79 Å². The largest absolute Gasteiger partial charge is 0.494 e. The molecule has 0 aliphatic rings. The highest BCUT2D eigenvalue weighted by molar-refractivity contribution is 9.09. The summed E-state index contributed by atoms with van der Waals surface area (Å²) in [5.74, 6) is 2.00. The average molecular weight is 419 g/mol. The van der Waals surface area contributed by atoms with Gasteiger partial charge >= 0.3 is 0 Å². The molecule has 0 saturated heterocycles. The van der Waals surface area contributed by atoms with Crippen LogP contribution in [0.25, 0.3) is 6.08 Å². The van der Waals surface area contributed by atoms with E-state index in [0.29, 0.717) is 23.7 Å². The Balaban J connectivity index is 1.97. The number of hydrogen-bond donors (Lipinski definition) is 0. The molecule has 0 bridgehead atoms. The molecule has 0 heterocycles. The average Bonchev–Trinajstić information content (AvgIpc) is 2.69. The van der Waals surface area contributed by atoms with Crippen LogP contribution in [0.15, 0.2) is 48.5 Å². The molecular weight excluding hydrogens is 396 g/mol. The number of unbranched alkanes of at least 4 members (excludes halogenated alkanes) is 1. The summed E-state index contributed by atoms with van der Waals surface area (Å²) in [5, 5.41) is 0.982. The van der Waals surface area contributed by atoms with Crippen LogP contribution < -0.4 is 14.2 Å². The Morgan fingerprint density at radius 2 is 1.73 bits per heavy atom. The van der Waals surface area contributed by atoms with Gasteiger partial charge in [0.05, 0.1) is 20.8 Å². The molecule has 0 atom stereocenters. The van der Waals surface area contributed by atoms with Crippen LogP contribution in [0.3, 0.4) is 0 Å². The van der Waals surface area contributed by atoms with E-state index in [0.717, 1.165) is 29.5 Å². The third-order valence-electron chi connectivity index (χ3n) is 3.77. The van der Waals surface area contributed by atoms with Crippen molar-refractivity contribution >= 4 is 27.8 Å². The van der Waals surface area contributed by atoms with Gasteiger partial charge in [0.15, 0.2) is 17.3 Å². The minimum absolute atomic E-state index is 0.0642. The van der Waals surface area contributed by atoms with Gasteiger partial charge in [0.2, 0.25) is 0 Å². The molecule has 0 N–H and O–H groups in total. The van der Waals surface area contributed by atoms with Gasteiger partial charge in [-0.1, -0.05) is 28.1 Å². The molecular formula is C21H23BrO4. The number of ketones is 1. The van der Waals surface area contributed by atoms with Crippen molar-refractivity contribution in [2.45, 2.75) is 12.8 Å². The Labute approximate surface area is 162 Å². The van der Waals surface area contributed by atoms with Gasteiger partial charge in [-0.15, -0.1) is 0 Å². The summed E-state index contributed by atoms with van der Waals surface area (Å²) < 4.78 is 16.1. The highest BCUT2D eigenvalue weighted by Gasteiger charge is 2.05. The molecule has 4 nitrogen and oxygen atoms in total. The smallest absolute Gasteiger partial charge is 0.185 e. The van der Waals surface area contributed by atoms with Crippen LogP contribution in [-0.4, -0.2) is 31.9 Å². The Kier molecular flexibility index (Phi) is 8.22. The van der Waals surface area contributed by atoms with E-state index >= 15 is 0 Å². The molecule has 2 aromatic carbocycles. The predicted molar refractivity (Wildman–Crippen MR) is 108 cm³/mol. The van der Waals surface area contributed by atoms with Crippen LogP contribution in [0, 0.1) is 0 Å². The number of methoxy groups -OCH3 is 2. The van der Waals surface area contributed by atoms with Gasteiger partial charge in [0, 0.05) is 10.9 Å². The minimum atomic E-state index is -0.0642. The second kappa shape index (κ2) is 10.7. The second-order valence-corrected chi connectivity index (χ2v) is 6.37. The lowest BCUT2D eigenvalue weighted by Gasteiger charge is -2.07. The molecule has 0 fully saturated rings. The highest BCUT2D eigenvalue weighted by Crippen LogP contribution is 2.28. The van der Waals surface area contributed by atoms with Crippen LogP contribution in [0.1, 0.15) is 28.8 Å². The first kappa shape index (κ1) is 20.0. The number of benzene rings is 2. The second-order valence-electron chi connectivity index (χ2n) is 5.58. The normalized spacial score (nSPS) is 10.7. The lowest BCUT2D eigenvalue weighted by Crippen LogP contribution is -1.99. The number of halogens is 1. The summed E-state index contributed by atoms with van der Waals surface area (Å²) in [6, 6.07) is 12.7. The molecule has 0 spiro atoms. The van der Waals surface area contributed by atoms with Gasteiger partial charge in [-0.05, 0) is 60.9 Å². The first-order chi connectivity index (χ1) is 12.7. The van der Waals surface area contributed by atoms with Crippen molar-refractivity contribution in [1.29, 1.82) is 0 Å². The predicted octanol–water partition coefficient (Wildman–Crippen LogP) is 5.15. The SMILES string of the molecule is COc1ccc(C=CC(=O)c2ccc(OCCCCBr)cc2)cc1OC. The van der Waals surface area contributed by atoms with Gasteiger partial charge < -0.3 is 14.2 Å². The van der Waals surface area contributed by atoms with Crippen LogP contribution >= 0.6 is 15.9 Å². The summed E-state index contributed by atoms with van der Waals surface area (Å²) in [4.78, 5) is 12.3. The van der Waals surface area contributed by atoms with E-state index in [-0.39, 0.29) is 5.78 Å². The maximum absolute atomic E-state index is 12.3. The lowest BCUT2D eigenvalue weighted by molar-refractivity contribution is 0.104. The number of carbonyl (C=O) groups excluding carboxylic acids is 1. The van der Waals surface area contributed by atoms with Gasteiger partial charge in [-0.2, -0.15) is 0 Å². The Morgan fingerprint density at radius 3 is 2.38 bits per heavy atom. The van der Waals surface area contributed by atoms with E-state index in [1.54, 1.807) is 38.5 Å². The third kappa shape index (κ3) is 5.92. The van der Waals surface area contributed by atoms with E-state index in [2.05, 4.69) is 15.9 Å². The number of alkyl halides is 1. The summed E-state index contributed by atoms with van der Waals surface area (Å²) in [6.45, 7) is 0.679. The molecule has 138 valence electrons. The zero-order chi connectivity index (χ0) is 18.8. The molecule has 0 saturated carbocycles. The number of carbonyl (C=O) groups is 1. The lowest BCUT2D eigenvalue weighted by atomic mass is 10.1. The van der Waals surface area contributed by atoms with Crippen molar-refractivity contribution < 1.29 is 19.0 Å². The Bertz CT molecular complexity index is 738. The number of ether oxygens (including phenoxy) is 3. The standard InChI is InChI=1S/C21H23BrO4/c1-24-20-12-6-16(15-21(20)25-2)5-11-19(23)17-7-9-18(10-8-17)26-14-4-3-13-22/h5-12,15H,3-4,13-14H2,1-2H3. The maximum Gasteiger partial charge on any atom is 0.185 e. The molecule has 26 heavy (non-hydrogen) atoms. The van der Waals surface area contributed by atoms with E-state index in [9.17, 15) is 4.79 Å². The minimum Gasteiger partial charge on any atom is -0.494 e. The monoisotopic (exact) mass is 418 g/mol. The molecule has 0 aliphatic heterocycles. The van der Waals surface area contributed by atoms with Crippen molar-refractivity contribution in [2.75, 3.05) is 26.2 Å². The number of rotatable bonds is 10. The van der Waals surface area contributed by atoms with Crippen LogP contribution in [0.2, 0.25) is 0 Å². The zero-order valence-corrected chi connectivity index (χ0v) is 16.6. The molecule has 5 heteroatoms. The fourth-order valence-corrected chi connectivity index (χ4v) is 2.72. The molecule has 0 aliphatic carbocycles. The molecule has 0 amide bonds. The van der Waals surface area contributed by atoms with E-state index in [1.165, 1.54) is 0 Å². The van der Waals surface area contributed by atoms with Crippen molar-refractivity contribution in [3.8, 4) is 17.2 Å². The number of hydrogen-bond acceptors (Lipinski definition) is 4. The summed E-state index contributed by atoms with van der Waals surface area (Å²) in [6.07, 6.45) is 5.39. The fraction of sp³-hybridized carbons (Fsp3) is 0.286. The van der Waals surface area contributed by atoms with Gasteiger partial charge in [-0.25, -0.2) is 0 Å². The quantitative estimate of drug-likeness (QED) is 0.231.